The lowest BCUT2D eigenvalue weighted by Gasteiger charge is -2.09. The van der Waals surface area contributed by atoms with Crippen LogP contribution in [-0.2, 0) is 0 Å². The highest BCUT2D eigenvalue weighted by Gasteiger charge is 2.02. The number of nitrogens with zero attached hydrogens (tertiary/aromatic N) is 3. The van der Waals surface area contributed by atoms with Gasteiger partial charge in [-0.2, -0.15) is 10.1 Å². The van der Waals surface area contributed by atoms with Crippen molar-refractivity contribution >= 4 is 23.1 Å². The summed E-state index contributed by atoms with van der Waals surface area (Å²) < 4.78 is 0. The maximum atomic E-state index is 4.42. The number of aryl methyl sites for hydroxylation is 2. The van der Waals surface area contributed by atoms with E-state index in [0.29, 0.717) is 11.8 Å². The molecule has 5 heteroatoms. The molecular weight excluding hydrogens is 274 g/mol. The van der Waals surface area contributed by atoms with Gasteiger partial charge in [-0.25, -0.2) is 0 Å². The first-order valence-electron chi connectivity index (χ1n) is 7.07. The van der Waals surface area contributed by atoms with Gasteiger partial charge in [0.15, 0.2) is 5.82 Å². The second-order valence-electron chi connectivity index (χ2n) is 5.08. The Bertz CT molecular complexity index is 771. The Kier molecular flexibility index (Phi) is 3.96. The van der Waals surface area contributed by atoms with Crippen LogP contribution in [0, 0.1) is 13.8 Å². The van der Waals surface area contributed by atoms with E-state index in [1.165, 1.54) is 11.1 Å². The van der Waals surface area contributed by atoms with Crippen molar-refractivity contribution in [2.24, 2.45) is 0 Å². The molecule has 0 aliphatic carbocycles. The van der Waals surface area contributed by atoms with Crippen molar-refractivity contribution < 1.29 is 0 Å². The molecule has 0 saturated heterocycles. The predicted molar refractivity (Wildman–Crippen MR) is 88.8 cm³/mol. The highest BCUT2D eigenvalue weighted by Crippen LogP contribution is 2.19. The first kappa shape index (κ1) is 14.0. The number of para-hydroxylation sites is 1. The van der Waals surface area contributed by atoms with Gasteiger partial charge in [0, 0.05) is 11.4 Å². The zero-order valence-electron chi connectivity index (χ0n) is 12.5. The van der Waals surface area contributed by atoms with E-state index in [4.69, 9.17) is 0 Å². The molecule has 0 unspecified atom stereocenters. The summed E-state index contributed by atoms with van der Waals surface area (Å²) in [4.78, 5) is 4.42. The zero-order valence-corrected chi connectivity index (χ0v) is 12.5. The lowest BCUT2D eigenvalue weighted by atomic mass is 10.1. The van der Waals surface area contributed by atoms with Gasteiger partial charge in [0.05, 0.1) is 6.20 Å². The Morgan fingerprint density at radius 3 is 2.41 bits per heavy atom. The minimum Gasteiger partial charge on any atom is -0.339 e. The smallest absolute Gasteiger partial charge is 0.249 e. The van der Waals surface area contributed by atoms with Crippen molar-refractivity contribution in [3.63, 3.8) is 0 Å². The summed E-state index contributed by atoms with van der Waals surface area (Å²) >= 11 is 0. The van der Waals surface area contributed by atoms with Crippen molar-refractivity contribution in [1.29, 1.82) is 0 Å². The van der Waals surface area contributed by atoms with Gasteiger partial charge in [0.2, 0.25) is 5.95 Å². The van der Waals surface area contributed by atoms with Crippen molar-refractivity contribution in [3.8, 4) is 0 Å². The number of aromatic nitrogens is 3. The molecule has 2 N–H and O–H groups in total. The molecule has 0 saturated carbocycles. The molecule has 0 fully saturated rings. The van der Waals surface area contributed by atoms with E-state index < -0.39 is 0 Å². The largest absolute Gasteiger partial charge is 0.339 e. The lowest BCUT2D eigenvalue weighted by molar-refractivity contribution is 0.982. The molecule has 3 aromatic rings. The number of hydrogen-bond acceptors (Lipinski definition) is 5. The van der Waals surface area contributed by atoms with E-state index in [-0.39, 0.29) is 0 Å². The number of anilines is 4. The van der Waals surface area contributed by atoms with Crippen molar-refractivity contribution in [2.75, 3.05) is 10.6 Å². The van der Waals surface area contributed by atoms with Crippen LogP contribution in [0.1, 0.15) is 11.1 Å². The van der Waals surface area contributed by atoms with E-state index in [0.717, 1.165) is 11.4 Å². The van der Waals surface area contributed by atoms with Crippen molar-refractivity contribution in [2.45, 2.75) is 13.8 Å². The van der Waals surface area contributed by atoms with E-state index >= 15 is 0 Å². The molecular formula is C17H17N5. The van der Waals surface area contributed by atoms with E-state index in [9.17, 15) is 0 Å². The highest BCUT2D eigenvalue weighted by atomic mass is 15.3. The van der Waals surface area contributed by atoms with Gasteiger partial charge in [-0.05, 0) is 49.2 Å². The topological polar surface area (TPSA) is 62.7 Å². The Labute approximate surface area is 129 Å². The molecule has 1 heterocycles. The van der Waals surface area contributed by atoms with Crippen LogP contribution in [0.2, 0.25) is 0 Å². The summed E-state index contributed by atoms with van der Waals surface area (Å²) in [6, 6.07) is 16.0. The van der Waals surface area contributed by atoms with Crippen LogP contribution in [0.15, 0.2) is 54.7 Å². The molecule has 110 valence electrons. The first-order valence-corrected chi connectivity index (χ1v) is 7.07. The number of hydrogen-bond donors (Lipinski definition) is 2. The van der Waals surface area contributed by atoms with Gasteiger partial charge < -0.3 is 10.6 Å². The molecule has 22 heavy (non-hydrogen) atoms. The van der Waals surface area contributed by atoms with Gasteiger partial charge in [0.25, 0.3) is 0 Å². The molecule has 0 bridgehead atoms. The number of nitrogens with one attached hydrogen (secondary N) is 2. The van der Waals surface area contributed by atoms with Gasteiger partial charge in [-0.15, -0.1) is 5.10 Å². The fourth-order valence-electron chi connectivity index (χ4n) is 2.03. The van der Waals surface area contributed by atoms with Crippen LogP contribution < -0.4 is 10.6 Å². The maximum Gasteiger partial charge on any atom is 0.249 e. The fourth-order valence-corrected chi connectivity index (χ4v) is 2.03. The Balaban J connectivity index is 1.77. The SMILES string of the molecule is Cc1ccc(Nc2cnnc(Nc3ccccc3)n2)cc1C. The molecule has 0 amide bonds. The van der Waals surface area contributed by atoms with Crippen LogP contribution in [0.5, 0.6) is 0 Å². The Morgan fingerprint density at radius 2 is 1.64 bits per heavy atom. The molecule has 2 aromatic carbocycles. The number of rotatable bonds is 4. The van der Waals surface area contributed by atoms with Gasteiger partial charge in [0.1, 0.15) is 0 Å². The summed E-state index contributed by atoms with van der Waals surface area (Å²) in [5, 5.41) is 14.3. The average molecular weight is 291 g/mol. The lowest BCUT2D eigenvalue weighted by Crippen LogP contribution is -2.02. The second kappa shape index (κ2) is 6.22. The zero-order chi connectivity index (χ0) is 15.4. The molecule has 1 aromatic heterocycles. The molecule has 0 aliphatic rings. The number of benzene rings is 2. The summed E-state index contributed by atoms with van der Waals surface area (Å²) in [5.41, 5.74) is 4.40. The highest BCUT2D eigenvalue weighted by molar-refractivity contribution is 5.59. The molecule has 0 aliphatic heterocycles. The normalized spacial score (nSPS) is 10.3. The standard InChI is InChI=1S/C17H17N5/c1-12-8-9-15(10-13(12)2)19-16-11-18-22-17(21-16)20-14-6-4-3-5-7-14/h3-11H,1-2H3,(H2,19,20,21,22). The van der Waals surface area contributed by atoms with Gasteiger partial charge >= 0.3 is 0 Å². The Morgan fingerprint density at radius 1 is 0.818 bits per heavy atom. The molecule has 3 rings (SSSR count). The average Bonchev–Trinajstić information content (AvgIpc) is 2.52. The maximum absolute atomic E-state index is 4.42. The summed E-state index contributed by atoms with van der Waals surface area (Å²) in [5.74, 6) is 1.11. The minimum absolute atomic E-state index is 0.458. The van der Waals surface area contributed by atoms with E-state index in [1.54, 1.807) is 6.20 Å². The van der Waals surface area contributed by atoms with E-state index in [1.807, 2.05) is 36.4 Å². The van der Waals surface area contributed by atoms with E-state index in [2.05, 4.69) is 51.8 Å². The Hall–Kier alpha value is -2.95. The summed E-state index contributed by atoms with van der Waals surface area (Å²) in [7, 11) is 0. The van der Waals surface area contributed by atoms with Gasteiger partial charge in [-0.3, -0.25) is 0 Å². The third-order valence-electron chi connectivity index (χ3n) is 3.37. The molecule has 0 spiro atoms. The monoisotopic (exact) mass is 291 g/mol. The van der Waals surface area contributed by atoms with Crippen LogP contribution >= 0.6 is 0 Å². The molecule has 0 radical (unpaired) electrons. The van der Waals surface area contributed by atoms with Crippen LogP contribution in [0.4, 0.5) is 23.1 Å². The predicted octanol–water partition coefficient (Wildman–Crippen LogP) is 3.98. The van der Waals surface area contributed by atoms with Crippen LogP contribution in [0.3, 0.4) is 0 Å². The summed E-state index contributed by atoms with van der Waals surface area (Å²) in [6.45, 7) is 4.17. The van der Waals surface area contributed by atoms with Crippen LogP contribution in [-0.4, -0.2) is 15.2 Å². The molecule has 5 nitrogen and oxygen atoms in total. The van der Waals surface area contributed by atoms with Crippen molar-refractivity contribution in [1.82, 2.24) is 15.2 Å². The minimum atomic E-state index is 0.458. The van der Waals surface area contributed by atoms with Crippen molar-refractivity contribution in [3.05, 3.63) is 65.9 Å². The quantitative estimate of drug-likeness (QED) is 0.761. The third kappa shape index (κ3) is 3.38. The third-order valence-corrected chi connectivity index (χ3v) is 3.37. The summed E-state index contributed by atoms with van der Waals surface area (Å²) in [6.07, 6.45) is 1.60. The fraction of sp³-hybridized carbons (Fsp3) is 0.118. The second-order valence-corrected chi connectivity index (χ2v) is 5.08. The van der Waals surface area contributed by atoms with Crippen LogP contribution in [0.25, 0.3) is 0 Å². The van der Waals surface area contributed by atoms with Gasteiger partial charge in [-0.1, -0.05) is 24.3 Å². The molecule has 0 atom stereocenters. The first-order chi connectivity index (χ1) is 10.7.